The predicted molar refractivity (Wildman–Crippen MR) is 121 cm³/mol. The van der Waals surface area contributed by atoms with Crippen molar-refractivity contribution in [1.29, 1.82) is 0 Å². The van der Waals surface area contributed by atoms with Gasteiger partial charge < -0.3 is 10.2 Å². The van der Waals surface area contributed by atoms with Crippen LogP contribution in [-0.4, -0.2) is 48.5 Å². The maximum Gasteiger partial charge on any atom is 0.227 e. The molecule has 0 spiro atoms. The molecule has 1 aromatic carbocycles. The Kier molecular flexibility index (Phi) is 7.82. The number of nitrogens with zero attached hydrogens (tertiary/aromatic N) is 3. The van der Waals surface area contributed by atoms with Gasteiger partial charge in [-0.2, -0.15) is 0 Å². The molecule has 1 saturated heterocycles. The Bertz CT molecular complexity index is 776. The van der Waals surface area contributed by atoms with E-state index in [1.165, 1.54) is 5.56 Å². The summed E-state index contributed by atoms with van der Waals surface area (Å²) < 4.78 is 0. The van der Waals surface area contributed by atoms with Gasteiger partial charge in [0.2, 0.25) is 5.91 Å². The SMILES string of the molecule is CCC(CC)C(=O)Nc1ccc(N2CCN(C/C=C/c3ccccc3)CC2)nc1. The van der Waals surface area contributed by atoms with Gasteiger partial charge in [0.05, 0.1) is 11.9 Å². The number of aromatic nitrogens is 1. The molecule has 5 nitrogen and oxygen atoms in total. The molecule has 5 heteroatoms. The fourth-order valence-corrected chi connectivity index (χ4v) is 3.61. The molecule has 0 aliphatic carbocycles. The number of carbonyl (C=O) groups is 1. The molecule has 1 aliphatic rings. The molecule has 2 heterocycles. The molecule has 1 N–H and O–H groups in total. The van der Waals surface area contributed by atoms with E-state index in [0.29, 0.717) is 0 Å². The van der Waals surface area contributed by atoms with Gasteiger partial charge in [0.25, 0.3) is 0 Å². The van der Waals surface area contributed by atoms with E-state index >= 15 is 0 Å². The summed E-state index contributed by atoms with van der Waals surface area (Å²) >= 11 is 0. The van der Waals surface area contributed by atoms with Crippen LogP contribution in [0.1, 0.15) is 32.3 Å². The Labute approximate surface area is 174 Å². The Morgan fingerprint density at radius 2 is 1.79 bits per heavy atom. The number of anilines is 2. The standard InChI is InChI=1S/C24H32N4O/c1-3-21(4-2)24(29)26-22-12-13-23(25-19-22)28-17-15-27(16-18-28)14-8-11-20-9-6-5-7-10-20/h5-13,19,21H,3-4,14-18H2,1-2H3,(H,26,29)/b11-8+. The monoisotopic (exact) mass is 392 g/mol. The normalized spacial score (nSPS) is 15.2. The van der Waals surface area contributed by atoms with Crippen molar-refractivity contribution in [2.75, 3.05) is 42.9 Å². The molecule has 0 saturated carbocycles. The highest BCUT2D eigenvalue weighted by Gasteiger charge is 2.18. The van der Waals surface area contributed by atoms with Gasteiger partial charge in [0, 0.05) is 38.6 Å². The van der Waals surface area contributed by atoms with Crippen LogP contribution in [0.25, 0.3) is 6.08 Å². The van der Waals surface area contributed by atoms with Crippen molar-refractivity contribution in [3.8, 4) is 0 Å². The zero-order valence-corrected chi connectivity index (χ0v) is 17.6. The molecule has 3 rings (SSSR count). The number of rotatable bonds is 8. The van der Waals surface area contributed by atoms with Gasteiger partial charge in [0.1, 0.15) is 5.82 Å². The summed E-state index contributed by atoms with van der Waals surface area (Å²) in [4.78, 5) is 21.6. The van der Waals surface area contributed by atoms with E-state index < -0.39 is 0 Å². The van der Waals surface area contributed by atoms with E-state index in [4.69, 9.17) is 0 Å². The number of nitrogens with one attached hydrogen (secondary N) is 1. The third-order valence-corrected chi connectivity index (χ3v) is 5.54. The first kappa shape index (κ1) is 21.1. The fraction of sp³-hybridized carbons (Fsp3) is 0.417. The topological polar surface area (TPSA) is 48.5 Å². The van der Waals surface area contributed by atoms with Gasteiger partial charge in [-0.15, -0.1) is 0 Å². The molecule has 0 radical (unpaired) electrons. The molecular weight excluding hydrogens is 360 g/mol. The van der Waals surface area contributed by atoms with Crippen LogP contribution < -0.4 is 10.2 Å². The van der Waals surface area contributed by atoms with Crippen LogP contribution in [0.5, 0.6) is 0 Å². The van der Waals surface area contributed by atoms with Gasteiger partial charge in [-0.25, -0.2) is 4.98 Å². The molecule has 154 valence electrons. The summed E-state index contributed by atoms with van der Waals surface area (Å²) in [7, 11) is 0. The second-order valence-electron chi connectivity index (χ2n) is 7.51. The number of benzene rings is 1. The van der Waals surface area contributed by atoms with Crippen molar-refractivity contribution >= 4 is 23.5 Å². The van der Waals surface area contributed by atoms with Crippen LogP contribution in [-0.2, 0) is 4.79 Å². The highest BCUT2D eigenvalue weighted by molar-refractivity contribution is 5.92. The Morgan fingerprint density at radius 3 is 2.41 bits per heavy atom. The van der Waals surface area contributed by atoms with Crippen LogP contribution in [0.3, 0.4) is 0 Å². The molecule has 1 amide bonds. The molecule has 2 aromatic rings. The first-order valence-electron chi connectivity index (χ1n) is 10.7. The van der Waals surface area contributed by atoms with Gasteiger partial charge >= 0.3 is 0 Å². The van der Waals surface area contributed by atoms with E-state index in [0.717, 1.165) is 57.1 Å². The number of hydrogen-bond acceptors (Lipinski definition) is 4. The maximum atomic E-state index is 12.2. The molecule has 0 unspecified atom stereocenters. The number of carbonyl (C=O) groups excluding carboxylic acids is 1. The summed E-state index contributed by atoms with van der Waals surface area (Å²) in [5.41, 5.74) is 2.02. The first-order valence-corrected chi connectivity index (χ1v) is 10.7. The smallest absolute Gasteiger partial charge is 0.227 e. The summed E-state index contributed by atoms with van der Waals surface area (Å²) in [6.07, 6.45) is 7.91. The van der Waals surface area contributed by atoms with Gasteiger partial charge in [-0.3, -0.25) is 9.69 Å². The molecule has 1 aromatic heterocycles. The zero-order valence-electron chi connectivity index (χ0n) is 17.6. The number of amides is 1. The Hall–Kier alpha value is -2.66. The van der Waals surface area contributed by atoms with Crippen LogP contribution in [0.4, 0.5) is 11.5 Å². The number of pyridine rings is 1. The minimum atomic E-state index is 0.0682. The van der Waals surface area contributed by atoms with Crippen molar-refractivity contribution in [2.24, 2.45) is 5.92 Å². The average molecular weight is 393 g/mol. The summed E-state index contributed by atoms with van der Waals surface area (Å²) in [5.74, 6) is 1.13. The predicted octanol–water partition coefficient (Wildman–Crippen LogP) is 4.29. The van der Waals surface area contributed by atoms with Crippen molar-refractivity contribution in [3.63, 3.8) is 0 Å². The van der Waals surface area contributed by atoms with Crippen LogP contribution in [0.15, 0.2) is 54.7 Å². The molecule has 1 fully saturated rings. The molecule has 29 heavy (non-hydrogen) atoms. The summed E-state index contributed by atoms with van der Waals surface area (Å²) in [6.45, 7) is 9.04. The fourth-order valence-electron chi connectivity index (χ4n) is 3.61. The van der Waals surface area contributed by atoms with Crippen molar-refractivity contribution in [3.05, 3.63) is 60.3 Å². The quantitative estimate of drug-likeness (QED) is 0.728. The van der Waals surface area contributed by atoms with E-state index in [2.05, 4.69) is 56.5 Å². The minimum Gasteiger partial charge on any atom is -0.354 e. The number of hydrogen-bond donors (Lipinski definition) is 1. The second-order valence-corrected chi connectivity index (χ2v) is 7.51. The average Bonchev–Trinajstić information content (AvgIpc) is 2.76. The maximum absolute atomic E-state index is 12.2. The molecule has 0 bridgehead atoms. The van der Waals surface area contributed by atoms with Crippen LogP contribution in [0, 0.1) is 5.92 Å². The van der Waals surface area contributed by atoms with Gasteiger partial charge in [-0.1, -0.05) is 56.3 Å². The minimum absolute atomic E-state index is 0.0682. The van der Waals surface area contributed by atoms with Gasteiger partial charge in [0.15, 0.2) is 0 Å². The van der Waals surface area contributed by atoms with E-state index in [-0.39, 0.29) is 11.8 Å². The lowest BCUT2D eigenvalue weighted by molar-refractivity contribution is -0.120. The summed E-state index contributed by atoms with van der Waals surface area (Å²) in [6, 6.07) is 14.4. The largest absolute Gasteiger partial charge is 0.354 e. The highest BCUT2D eigenvalue weighted by Crippen LogP contribution is 2.18. The van der Waals surface area contributed by atoms with E-state index in [9.17, 15) is 4.79 Å². The lowest BCUT2D eigenvalue weighted by atomic mass is 10.0. The third kappa shape index (κ3) is 6.16. The molecule has 1 aliphatic heterocycles. The second kappa shape index (κ2) is 10.8. The van der Waals surface area contributed by atoms with Crippen molar-refractivity contribution in [2.45, 2.75) is 26.7 Å². The lowest BCUT2D eigenvalue weighted by Crippen LogP contribution is -2.46. The van der Waals surface area contributed by atoms with Crippen LogP contribution in [0.2, 0.25) is 0 Å². The molecular formula is C24H32N4O. The van der Waals surface area contributed by atoms with Gasteiger partial charge in [-0.05, 0) is 30.5 Å². The lowest BCUT2D eigenvalue weighted by Gasteiger charge is -2.34. The molecule has 0 atom stereocenters. The highest BCUT2D eigenvalue weighted by atomic mass is 16.1. The Morgan fingerprint density at radius 1 is 1.07 bits per heavy atom. The van der Waals surface area contributed by atoms with E-state index in [1.54, 1.807) is 6.20 Å². The first-order chi connectivity index (χ1) is 14.2. The zero-order chi connectivity index (χ0) is 20.5. The third-order valence-electron chi connectivity index (χ3n) is 5.54. The van der Waals surface area contributed by atoms with Crippen LogP contribution >= 0.6 is 0 Å². The van der Waals surface area contributed by atoms with E-state index in [1.807, 2.05) is 32.0 Å². The Balaban J connectivity index is 1.45. The van der Waals surface area contributed by atoms with Crippen molar-refractivity contribution < 1.29 is 4.79 Å². The summed E-state index contributed by atoms with van der Waals surface area (Å²) in [5, 5.41) is 2.98. The number of piperazine rings is 1. The van der Waals surface area contributed by atoms with Crippen molar-refractivity contribution in [1.82, 2.24) is 9.88 Å².